The van der Waals surface area contributed by atoms with E-state index in [1.165, 1.54) is 6.07 Å². The Balaban J connectivity index is 2.68. The standard InChI is InChI=1S/C13H19F3N2/c1-9(2)6-12(17-3)7-11-5-4-10(8-18-11)13(14,15)16/h4-5,8-9,12,17H,6-7H2,1-3H3. The topological polar surface area (TPSA) is 24.9 Å². The molecule has 1 aromatic heterocycles. The Morgan fingerprint density at radius 2 is 1.94 bits per heavy atom. The first-order chi connectivity index (χ1) is 8.32. The van der Waals surface area contributed by atoms with Crippen molar-refractivity contribution < 1.29 is 13.2 Å². The summed E-state index contributed by atoms with van der Waals surface area (Å²) in [6.07, 6.45) is -1.80. The Morgan fingerprint density at radius 3 is 2.33 bits per heavy atom. The maximum atomic E-state index is 12.4. The van der Waals surface area contributed by atoms with E-state index in [2.05, 4.69) is 24.1 Å². The maximum Gasteiger partial charge on any atom is 0.417 e. The molecule has 1 heterocycles. The fourth-order valence-corrected chi connectivity index (χ4v) is 1.84. The molecule has 1 rings (SSSR count). The van der Waals surface area contributed by atoms with E-state index in [0.29, 0.717) is 18.0 Å². The highest BCUT2D eigenvalue weighted by molar-refractivity contribution is 5.17. The molecule has 1 atom stereocenters. The summed E-state index contributed by atoms with van der Waals surface area (Å²) in [5, 5.41) is 3.16. The molecule has 0 bridgehead atoms. The number of hydrogen-bond donors (Lipinski definition) is 1. The number of alkyl halides is 3. The molecule has 0 aliphatic carbocycles. The van der Waals surface area contributed by atoms with Gasteiger partial charge >= 0.3 is 6.18 Å². The number of pyridine rings is 1. The number of likely N-dealkylation sites (N-methyl/N-ethyl adjacent to an activating group) is 1. The van der Waals surface area contributed by atoms with Crippen LogP contribution >= 0.6 is 0 Å². The largest absolute Gasteiger partial charge is 0.417 e. The minimum Gasteiger partial charge on any atom is -0.317 e. The Bertz CT molecular complexity index is 357. The molecule has 102 valence electrons. The average Bonchev–Trinajstić information content (AvgIpc) is 2.27. The van der Waals surface area contributed by atoms with E-state index in [9.17, 15) is 13.2 Å². The van der Waals surface area contributed by atoms with Crippen LogP contribution in [0.5, 0.6) is 0 Å². The van der Waals surface area contributed by atoms with Crippen molar-refractivity contribution in [2.45, 2.75) is 38.9 Å². The molecular formula is C13H19F3N2. The van der Waals surface area contributed by atoms with Crippen molar-refractivity contribution in [3.05, 3.63) is 29.6 Å². The smallest absolute Gasteiger partial charge is 0.317 e. The van der Waals surface area contributed by atoms with Gasteiger partial charge in [0, 0.05) is 24.4 Å². The lowest BCUT2D eigenvalue weighted by Crippen LogP contribution is -2.29. The van der Waals surface area contributed by atoms with Gasteiger partial charge in [-0.3, -0.25) is 4.98 Å². The molecule has 18 heavy (non-hydrogen) atoms. The van der Waals surface area contributed by atoms with E-state index in [1.807, 2.05) is 7.05 Å². The van der Waals surface area contributed by atoms with Gasteiger partial charge in [-0.15, -0.1) is 0 Å². The fraction of sp³-hybridized carbons (Fsp3) is 0.615. The second-order valence-corrected chi connectivity index (χ2v) is 4.86. The summed E-state index contributed by atoms with van der Waals surface area (Å²) in [4.78, 5) is 3.88. The van der Waals surface area contributed by atoms with Crippen molar-refractivity contribution in [2.24, 2.45) is 5.92 Å². The van der Waals surface area contributed by atoms with E-state index >= 15 is 0 Å². The summed E-state index contributed by atoms with van der Waals surface area (Å²) in [6.45, 7) is 4.23. The van der Waals surface area contributed by atoms with E-state index < -0.39 is 11.7 Å². The number of aromatic nitrogens is 1. The van der Waals surface area contributed by atoms with Crippen LogP contribution in [0.25, 0.3) is 0 Å². The van der Waals surface area contributed by atoms with Gasteiger partial charge in [0.2, 0.25) is 0 Å². The minimum atomic E-state index is -4.31. The molecule has 0 aliphatic rings. The van der Waals surface area contributed by atoms with Crippen molar-refractivity contribution in [1.29, 1.82) is 0 Å². The highest BCUT2D eigenvalue weighted by Crippen LogP contribution is 2.28. The second kappa shape index (κ2) is 6.18. The van der Waals surface area contributed by atoms with Crippen LogP contribution < -0.4 is 5.32 Å². The molecule has 5 heteroatoms. The van der Waals surface area contributed by atoms with Gasteiger partial charge in [-0.2, -0.15) is 13.2 Å². The number of halogens is 3. The Kier molecular flexibility index (Phi) is 5.14. The van der Waals surface area contributed by atoms with Gasteiger partial charge < -0.3 is 5.32 Å². The predicted octanol–water partition coefficient (Wildman–Crippen LogP) is 3.28. The van der Waals surface area contributed by atoms with Crippen LogP contribution in [0, 0.1) is 5.92 Å². The van der Waals surface area contributed by atoms with Crippen molar-refractivity contribution >= 4 is 0 Å². The monoisotopic (exact) mass is 260 g/mol. The molecule has 2 nitrogen and oxygen atoms in total. The van der Waals surface area contributed by atoms with Crippen molar-refractivity contribution in [2.75, 3.05) is 7.05 Å². The first-order valence-corrected chi connectivity index (χ1v) is 6.02. The van der Waals surface area contributed by atoms with Crippen LogP contribution in [0.2, 0.25) is 0 Å². The molecule has 0 amide bonds. The Morgan fingerprint density at radius 1 is 1.28 bits per heavy atom. The van der Waals surface area contributed by atoms with Gasteiger partial charge in [0.15, 0.2) is 0 Å². The summed E-state index contributed by atoms with van der Waals surface area (Å²) >= 11 is 0. The van der Waals surface area contributed by atoms with Gasteiger partial charge in [-0.05, 0) is 31.5 Å². The molecule has 0 saturated carbocycles. The SMILES string of the molecule is CNC(Cc1ccc(C(F)(F)F)cn1)CC(C)C. The number of nitrogens with zero attached hydrogens (tertiary/aromatic N) is 1. The van der Waals surface area contributed by atoms with Gasteiger partial charge in [-0.1, -0.05) is 13.8 Å². The van der Waals surface area contributed by atoms with Crippen molar-refractivity contribution in [3.8, 4) is 0 Å². The average molecular weight is 260 g/mol. The zero-order valence-electron chi connectivity index (χ0n) is 10.9. The van der Waals surface area contributed by atoms with Crippen LogP contribution in [-0.2, 0) is 12.6 Å². The van der Waals surface area contributed by atoms with E-state index in [1.54, 1.807) is 0 Å². The zero-order valence-corrected chi connectivity index (χ0v) is 10.9. The molecule has 1 unspecified atom stereocenters. The van der Waals surface area contributed by atoms with E-state index in [0.717, 1.165) is 18.7 Å². The molecule has 0 aliphatic heterocycles. The molecule has 0 fully saturated rings. The molecule has 0 saturated heterocycles. The van der Waals surface area contributed by atoms with E-state index in [4.69, 9.17) is 0 Å². The summed E-state index contributed by atoms with van der Waals surface area (Å²) in [7, 11) is 1.86. The normalized spacial score (nSPS) is 13.9. The summed E-state index contributed by atoms with van der Waals surface area (Å²) < 4.78 is 37.1. The fourth-order valence-electron chi connectivity index (χ4n) is 1.84. The first kappa shape index (κ1) is 15.0. The number of nitrogens with one attached hydrogen (secondary N) is 1. The zero-order chi connectivity index (χ0) is 13.8. The minimum absolute atomic E-state index is 0.245. The highest BCUT2D eigenvalue weighted by Gasteiger charge is 2.30. The highest BCUT2D eigenvalue weighted by atomic mass is 19.4. The summed E-state index contributed by atoms with van der Waals surface area (Å²) in [5.41, 5.74) is -0.0147. The van der Waals surface area contributed by atoms with Crippen molar-refractivity contribution in [3.63, 3.8) is 0 Å². The summed E-state index contributed by atoms with van der Waals surface area (Å²) in [5.74, 6) is 0.539. The van der Waals surface area contributed by atoms with Crippen LogP contribution in [0.4, 0.5) is 13.2 Å². The van der Waals surface area contributed by atoms with Gasteiger partial charge in [-0.25, -0.2) is 0 Å². The molecule has 1 N–H and O–H groups in total. The van der Waals surface area contributed by atoms with Crippen molar-refractivity contribution in [1.82, 2.24) is 10.3 Å². The van der Waals surface area contributed by atoms with Crippen LogP contribution in [0.3, 0.4) is 0 Å². The molecule has 0 aromatic carbocycles. The van der Waals surface area contributed by atoms with Gasteiger partial charge in [0.25, 0.3) is 0 Å². The maximum absolute atomic E-state index is 12.4. The lowest BCUT2D eigenvalue weighted by Gasteiger charge is -2.18. The number of rotatable bonds is 5. The quantitative estimate of drug-likeness (QED) is 0.878. The van der Waals surface area contributed by atoms with Gasteiger partial charge in [0.1, 0.15) is 0 Å². The molecule has 0 spiro atoms. The Hall–Kier alpha value is -1.10. The van der Waals surface area contributed by atoms with Crippen LogP contribution in [0.1, 0.15) is 31.5 Å². The third-order valence-corrected chi connectivity index (χ3v) is 2.77. The predicted molar refractivity (Wildman–Crippen MR) is 65.2 cm³/mol. The lowest BCUT2D eigenvalue weighted by molar-refractivity contribution is -0.137. The second-order valence-electron chi connectivity index (χ2n) is 4.86. The van der Waals surface area contributed by atoms with Crippen LogP contribution in [-0.4, -0.2) is 18.1 Å². The first-order valence-electron chi connectivity index (χ1n) is 6.02. The summed E-state index contributed by atoms with van der Waals surface area (Å²) in [6, 6.07) is 2.78. The van der Waals surface area contributed by atoms with E-state index in [-0.39, 0.29) is 6.04 Å². The lowest BCUT2D eigenvalue weighted by atomic mass is 9.99. The van der Waals surface area contributed by atoms with Crippen LogP contribution in [0.15, 0.2) is 18.3 Å². The molecule has 0 radical (unpaired) electrons. The number of hydrogen-bond acceptors (Lipinski definition) is 2. The van der Waals surface area contributed by atoms with Gasteiger partial charge in [0.05, 0.1) is 5.56 Å². The third-order valence-electron chi connectivity index (χ3n) is 2.77. The molecule has 1 aromatic rings. The Labute approximate surface area is 106 Å². The third kappa shape index (κ3) is 4.64. The molecular weight excluding hydrogens is 241 g/mol.